The molecule has 2 aliphatic heterocycles. The molecule has 0 saturated carbocycles. The molecule has 0 spiro atoms. The molecule has 2 aliphatic rings. The number of likely N-dealkylation sites (N-methyl/N-ethyl adjacent to an activating group) is 1. The average Bonchev–Trinajstić information content (AvgIpc) is 3.09. The number of hydrogen-bond donors (Lipinski definition) is 0. The minimum absolute atomic E-state index is 0.0674. The fraction of sp³-hybridized carbons (Fsp3) is 0.529. The minimum Gasteiger partial charge on any atom is -0.332 e. The van der Waals surface area contributed by atoms with Gasteiger partial charge in [-0.2, -0.15) is 0 Å². The highest BCUT2D eigenvalue weighted by Gasteiger charge is 2.47. The molecule has 0 aliphatic carbocycles. The maximum Gasteiger partial charge on any atom is 0.254 e. The lowest BCUT2D eigenvalue weighted by atomic mass is 10.0. The first-order valence-electron chi connectivity index (χ1n) is 8.50. The van der Waals surface area contributed by atoms with E-state index in [-0.39, 0.29) is 29.5 Å². The quantitative estimate of drug-likeness (QED) is 0.792. The minimum atomic E-state index is -3.10. The topological polar surface area (TPSA) is 70.6 Å². The number of benzene rings is 1. The molecule has 2 unspecified atom stereocenters. The molecule has 3 heterocycles. The molecule has 0 N–H and O–H groups in total. The van der Waals surface area contributed by atoms with Gasteiger partial charge in [-0.15, -0.1) is 11.3 Å². The molecule has 0 bridgehead atoms. The molecule has 1 aromatic carbocycles. The van der Waals surface area contributed by atoms with Crippen LogP contribution < -0.4 is 0 Å². The molecule has 2 saturated heterocycles. The van der Waals surface area contributed by atoms with E-state index in [9.17, 15) is 13.2 Å². The van der Waals surface area contributed by atoms with E-state index in [1.54, 1.807) is 16.2 Å². The van der Waals surface area contributed by atoms with Gasteiger partial charge in [0.05, 0.1) is 32.8 Å². The van der Waals surface area contributed by atoms with Crippen LogP contribution >= 0.6 is 11.3 Å². The van der Waals surface area contributed by atoms with Crippen molar-refractivity contribution in [2.45, 2.75) is 25.9 Å². The summed E-state index contributed by atoms with van der Waals surface area (Å²) >= 11 is 1.60. The molecule has 0 radical (unpaired) electrons. The van der Waals surface area contributed by atoms with Crippen LogP contribution in [0.15, 0.2) is 18.2 Å². The van der Waals surface area contributed by atoms with E-state index in [1.165, 1.54) is 0 Å². The summed E-state index contributed by atoms with van der Waals surface area (Å²) in [5, 5.41) is 0.970. The first kappa shape index (κ1) is 16.9. The first-order chi connectivity index (χ1) is 11.9. The summed E-state index contributed by atoms with van der Waals surface area (Å²) in [6, 6.07) is 5.24. The van der Waals surface area contributed by atoms with Gasteiger partial charge >= 0.3 is 0 Å². The molecule has 4 rings (SSSR count). The second-order valence-corrected chi connectivity index (χ2v) is 10.1. The number of piperazine rings is 1. The van der Waals surface area contributed by atoms with Crippen LogP contribution in [0.1, 0.15) is 22.3 Å². The van der Waals surface area contributed by atoms with Gasteiger partial charge in [0, 0.05) is 24.7 Å². The lowest BCUT2D eigenvalue weighted by Crippen LogP contribution is -2.60. The number of thiazole rings is 1. The Morgan fingerprint density at radius 2 is 2.04 bits per heavy atom. The molecule has 2 fully saturated rings. The highest BCUT2D eigenvalue weighted by atomic mass is 32.2. The Morgan fingerprint density at radius 3 is 2.80 bits per heavy atom. The van der Waals surface area contributed by atoms with Crippen molar-refractivity contribution in [2.75, 3.05) is 31.1 Å². The summed E-state index contributed by atoms with van der Waals surface area (Å²) in [4.78, 5) is 21.5. The summed E-state index contributed by atoms with van der Waals surface area (Å²) in [5.41, 5.74) is 1.42. The molecule has 2 aromatic rings. The van der Waals surface area contributed by atoms with Crippen molar-refractivity contribution in [1.29, 1.82) is 0 Å². The maximum atomic E-state index is 13.1. The van der Waals surface area contributed by atoms with E-state index in [4.69, 9.17) is 0 Å². The van der Waals surface area contributed by atoms with Crippen molar-refractivity contribution in [2.24, 2.45) is 0 Å². The number of carbonyl (C=O) groups is 1. The fourth-order valence-electron chi connectivity index (χ4n) is 4.01. The third-order valence-electron chi connectivity index (χ3n) is 5.20. The van der Waals surface area contributed by atoms with Gasteiger partial charge in [-0.05, 0) is 31.7 Å². The van der Waals surface area contributed by atoms with E-state index in [0.717, 1.165) is 28.3 Å². The van der Waals surface area contributed by atoms with Crippen molar-refractivity contribution >= 4 is 37.3 Å². The average molecular weight is 380 g/mol. The Labute approximate surface area is 151 Å². The summed E-state index contributed by atoms with van der Waals surface area (Å²) in [5.74, 6) is 0.132. The maximum absolute atomic E-state index is 13.1. The normalized spacial score (nSPS) is 26.1. The van der Waals surface area contributed by atoms with Crippen LogP contribution in [0.4, 0.5) is 0 Å². The predicted octanol–water partition coefficient (Wildman–Crippen LogP) is 1.55. The van der Waals surface area contributed by atoms with Gasteiger partial charge in [-0.3, -0.25) is 9.69 Å². The van der Waals surface area contributed by atoms with Crippen molar-refractivity contribution in [1.82, 2.24) is 14.8 Å². The lowest BCUT2D eigenvalue weighted by molar-refractivity contribution is 0.0349. The van der Waals surface area contributed by atoms with E-state index < -0.39 is 9.84 Å². The highest BCUT2D eigenvalue weighted by molar-refractivity contribution is 7.91. The molecule has 134 valence electrons. The molecule has 2 atom stereocenters. The van der Waals surface area contributed by atoms with E-state index in [1.807, 2.05) is 32.0 Å². The van der Waals surface area contributed by atoms with Gasteiger partial charge in [0.2, 0.25) is 0 Å². The van der Waals surface area contributed by atoms with Crippen molar-refractivity contribution in [3.8, 4) is 0 Å². The second-order valence-electron chi connectivity index (χ2n) is 6.75. The SMILES string of the molecule is CCN1CCN(C(=O)c2ccc3sc(C)nc3c2)C2CS(=O)(=O)CC21. The number of sulfone groups is 1. The number of fused-ring (bicyclic) bond motifs is 2. The molecule has 8 heteroatoms. The van der Waals surface area contributed by atoms with Gasteiger partial charge in [-0.25, -0.2) is 13.4 Å². The van der Waals surface area contributed by atoms with Gasteiger partial charge in [0.15, 0.2) is 9.84 Å². The third-order valence-corrected chi connectivity index (χ3v) is 7.85. The number of rotatable bonds is 2. The van der Waals surface area contributed by atoms with Gasteiger partial charge < -0.3 is 4.90 Å². The van der Waals surface area contributed by atoms with Gasteiger partial charge in [0.1, 0.15) is 0 Å². The Bertz CT molecular complexity index is 938. The zero-order valence-corrected chi connectivity index (χ0v) is 15.9. The van der Waals surface area contributed by atoms with Crippen molar-refractivity contribution in [3.05, 3.63) is 28.8 Å². The Balaban J connectivity index is 1.66. The van der Waals surface area contributed by atoms with Crippen LogP contribution in [0.2, 0.25) is 0 Å². The summed E-state index contributed by atoms with van der Waals surface area (Å²) < 4.78 is 25.4. The molecular weight excluding hydrogens is 358 g/mol. The molecule has 25 heavy (non-hydrogen) atoms. The van der Waals surface area contributed by atoms with Gasteiger partial charge in [0.25, 0.3) is 5.91 Å². The number of aryl methyl sites for hydroxylation is 1. The largest absolute Gasteiger partial charge is 0.332 e. The van der Waals surface area contributed by atoms with Crippen molar-refractivity contribution in [3.63, 3.8) is 0 Å². The zero-order chi connectivity index (χ0) is 17.8. The van der Waals surface area contributed by atoms with Crippen LogP contribution in [0.3, 0.4) is 0 Å². The fourth-order valence-corrected chi connectivity index (χ4v) is 6.83. The zero-order valence-electron chi connectivity index (χ0n) is 14.3. The third kappa shape index (κ3) is 2.96. The standard InChI is InChI=1S/C17H21N3O3S2/c1-3-19-6-7-20(15-10-25(22,23)9-14(15)19)17(21)12-4-5-16-13(8-12)18-11(2)24-16/h4-5,8,14-15H,3,6-7,9-10H2,1-2H3. The number of hydrogen-bond acceptors (Lipinski definition) is 6. The Morgan fingerprint density at radius 1 is 1.28 bits per heavy atom. The number of carbonyl (C=O) groups excluding carboxylic acids is 1. The highest BCUT2D eigenvalue weighted by Crippen LogP contribution is 2.29. The smallest absolute Gasteiger partial charge is 0.254 e. The van der Waals surface area contributed by atoms with Crippen molar-refractivity contribution < 1.29 is 13.2 Å². The molecule has 6 nitrogen and oxygen atoms in total. The summed E-state index contributed by atoms with van der Waals surface area (Å²) in [6.07, 6.45) is 0. The van der Waals surface area contributed by atoms with Gasteiger partial charge in [-0.1, -0.05) is 6.92 Å². The number of nitrogens with zero attached hydrogens (tertiary/aromatic N) is 3. The number of amides is 1. The Hall–Kier alpha value is -1.51. The second kappa shape index (κ2) is 6.03. The van der Waals surface area contributed by atoms with E-state index in [0.29, 0.717) is 12.1 Å². The number of aromatic nitrogens is 1. The van der Waals surface area contributed by atoms with E-state index >= 15 is 0 Å². The summed E-state index contributed by atoms with van der Waals surface area (Å²) in [7, 11) is -3.10. The van der Waals surface area contributed by atoms with Crippen LogP contribution in [0.5, 0.6) is 0 Å². The van der Waals surface area contributed by atoms with Crippen LogP contribution in [-0.2, 0) is 9.84 Å². The molecule has 1 aromatic heterocycles. The summed E-state index contributed by atoms with van der Waals surface area (Å²) in [6.45, 7) is 6.08. The molecular formula is C17H21N3O3S2. The lowest BCUT2D eigenvalue weighted by Gasteiger charge is -2.43. The van der Waals surface area contributed by atoms with E-state index in [2.05, 4.69) is 9.88 Å². The van der Waals surface area contributed by atoms with Crippen LogP contribution in [0.25, 0.3) is 10.2 Å². The monoisotopic (exact) mass is 379 g/mol. The Kier molecular flexibility index (Phi) is 4.09. The molecule has 1 amide bonds. The first-order valence-corrected chi connectivity index (χ1v) is 11.1. The van der Waals surface area contributed by atoms with Crippen LogP contribution in [-0.4, -0.2) is 72.3 Å². The van der Waals surface area contributed by atoms with Crippen LogP contribution in [0, 0.1) is 6.92 Å². The predicted molar refractivity (Wildman–Crippen MR) is 98.9 cm³/mol.